The first-order valence-electron chi connectivity index (χ1n) is 8.83. The van der Waals surface area contributed by atoms with Gasteiger partial charge in [-0.05, 0) is 42.1 Å². The number of anilines is 1. The number of oxazole rings is 1. The lowest BCUT2D eigenvalue weighted by Gasteiger charge is -2.11. The summed E-state index contributed by atoms with van der Waals surface area (Å²) in [5.74, 6) is 0.282. The Kier molecular flexibility index (Phi) is 5.69. The number of rotatable bonds is 6. The Morgan fingerprint density at radius 3 is 2.83 bits per heavy atom. The average molecular weight is 425 g/mol. The third kappa shape index (κ3) is 4.70. The van der Waals surface area contributed by atoms with E-state index >= 15 is 0 Å². The molecule has 29 heavy (non-hydrogen) atoms. The highest BCUT2D eigenvalue weighted by Crippen LogP contribution is 2.34. The van der Waals surface area contributed by atoms with Gasteiger partial charge >= 0.3 is 0 Å². The zero-order chi connectivity index (χ0) is 20.2. The second-order valence-corrected chi connectivity index (χ2v) is 7.74. The van der Waals surface area contributed by atoms with Crippen LogP contribution in [0.2, 0.25) is 5.02 Å². The molecule has 6 nitrogen and oxygen atoms in total. The molecule has 0 fully saturated rings. The Morgan fingerprint density at radius 1 is 1.24 bits per heavy atom. The van der Waals surface area contributed by atoms with Gasteiger partial charge in [0.15, 0.2) is 5.16 Å². The van der Waals surface area contributed by atoms with Gasteiger partial charge in [-0.15, -0.1) is 0 Å². The molecule has 2 heterocycles. The number of nitrogens with zero attached hydrogens (tertiary/aromatic N) is 3. The monoisotopic (exact) mass is 424 g/mol. The van der Waals surface area contributed by atoms with Gasteiger partial charge in [0.1, 0.15) is 6.26 Å². The van der Waals surface area contributed by atoms with Gasteiger partial charge in [0.2, 0.25) is 11.8 Å². The molecule has 0 unspecified atom stereocenters. The number of halogens is 1. The molecule has 146 valence electrons. The van der Waals surface area contributed by atoms with E-state index in [0.29, 0.717) is 22.3 Å². The van der Waals surface area contributed by atoms with Crippen LogP contribution in [0, 0.1) is 0 Å². The molecular formula is C21H17ClN4O2S. The molecule has 4 aromatic rings. The molecule has 0 atom stereocenters. The topological polar surface area (TPSA) is 73.0 Å². The molecule has 1 amide bonds. The summed E-state index contributed by atoms with van der Waals surface area (Å²) in [6, 6.07) is 14.9. The minimum Gasteiger partial charge on any atom is -0.444 e. The van der Waals surface area contributed by atoms with Crippen LogP contribution in [0.5, 0.6) is 0 Å². The molecule has 0 saturated heterocycles. The molecule has 0 saturated carbocycles. The Balaban J connectivity index is 1.48. The molecule has 0 aliphatic carbocycles. The molecule has 0 aliphatic heterocycles. The number of carbonyl (C=O) groups is 1. The summed E-state index contributed by atoms with van der Waals surface area (Å²) >= 11 is 7.59. The normalized spacial score (nSPS) is 10.8. The van der Waals surface area contributed by atoms with E-state index in [1.165, 1.54) is 18.0 Å². The molecule has 0 spiro atoms. The summed E-state index contributed by atoms with van der Waals surface area (Å²) in [5.41, 5.74) is 2.05. The van der Waals surface area contributed by atoms with Crippen LogP contribution in [0.1, 0.15) is 5.69 Å². The third-order valence-corrected chi connectivity index (χ3v) is 5.50. The molecule has 1 N–H and O–H groups in total. The van der Waals surface area contributed by atoms with E-state index < -0.39 is 0 Å². The van der Waals surface area contributed by atoms with E-state index in [-0.39, 0.29) is 12.3 Å². The van der Waals surface area contributed by atoms with Gasteiger partial charge < -0.3 is 14.3 Å². The lowest BCUT2D eigenvalue weighted by Crippen LogP contribution is -2.15. The van der Waals surface area contributed by atoms with Crippen molar-refractivity contribution in [2.45, 2.75) is 16.5 Å². The molecule has 0 aliphatic rings. The van der Waals surface area contributed by atoms with Crippen LogP contribution in [0.25, 0.3) is 11.5 Å². The number of benzene rings is 2. The predicted octanol–water partition coefficient (Wildman–Crippen LogP) is 5.06. The van der Waals surface area contributed by atoms with E-state index in [9.17, 15) is 4.79 Å². The van der Waals surface area contributed by atoms with Crippen LogP contribution >= 0.6 is 23.4 Å². The average Bonchev–Trinajstić information content (AvgIpc) is 3.34. The molecule has 0 bridgehead atoms. The Labute approximate surface area is 176 Å². The van der Waals surface area contributed by atoms with E-state index in [4.69, 9.17) is 16.0 Å². The van der Waals surface area contributed by atoms with E-state index in [1.807, 2.05) is 54.2 Å². The number of hydrogen-bond acceptors (Lipinski definition) is 5. The van der Waals surface area contributed by atoms with E-state index in [0.717, 1.165) is 15.6 Å². The largest absolute Gasteiger partial charge is 0.444 e. The first-order chi connectivity index (χ1) is 14.1. The highest BCUT2D eigenvalue weighted by molar-refractivity contribution is 7.99. The van der Waals surface area contributed by atoms with Gasteiger partial charge in [-0.2, -0.15) is 0 Å². The zero-order valence-corrected chi connectivity index (χ0v) is 17.1. The number of aryl methyl sites for hydroxylation is 1. The zero-order valence-electron chi connectivity index (χ0n) is 15.5. The maximum absolute atomic E-state index is 12.6. The van der Waals surface area contributed by atoms with Crippen molar-refractivity contribution in [3.63, 3.8) is 0 Å². The van der Waals surface area contributed by atoms with Crippen molar-refractivity contribution in [1.29, 1.82) is 0 Å². The Hall–Kier alpha value is -3.03. The van der Waals surface area contributed by atoms with Gasteiger partial charge in [-0.25, -0.2) is 9.97 Å². The van der Waals surface area contributed by atoms with Crippen LogP contribution in [-0.2, 0) is 18.3 Å². The Morgan fingerprint density at radius 2 is 2.07 bits per heavy atom. The molecular weight excluding hydrogens is 408 g/mol. The van der Waals surface area contributed by atoms with Gasteiger partial charge in [-0.3, -0.25) is 4.79 Å². The number of aromatic nitrogens is 3. The third-order valence-electron chi connectivity index (χ3n) is 4.11. The molecule has 8 heteroatoms. The lowest BCUT2D eigenvalue weighted by molar-refractivity contribution is -0.115. The minimum atomic E-state index is -0.207. The molecule has 0 radical (unpaired) electrons. The summed E-state index contributed by atoms with van der Waals surface area (Å²) < 4.78 is 7.41. The number of amides is 1. The van der Waals surface area contributed by atoms with Gasteiger partial charge in [0.05, 0.1) is 17.8 Å². The van der Waals surface area contributed by atoms with Crippen molar-refractivity contribution < 1.29 is 9.21 Å². The van der Waals surface area contributed by atoms with Crippen LogP contribution in [0.15, 0.2) is 81.7 Å². The lowest BCUT2D eigenvalue weighted by atomic mass is 10.2. The van der Waals surface area contributed by atoms with Crippen LogP contribution in [-0.4, -0.2) is 20.4 Å². The van der Waals surface area contributed by atoms with Crippen LogP contribution in [0.3, 0.4) is 0 Å². The van der Waals surface area contributed by atoms with E-state index in [2.05, 4.69) is 15.3 Å². The summed E-state index contributed by atoms with van der Waals surface area (Å²) in [6.45, 7) is 0. The first kappa shape index (κ1) is 19.3. The maximum Gasteiger partial charge on any atom is 0.230 e. The molecule has 2 aromatic carbocycles. The van der Waals surface area contributed by atoms with Crippen molar-refractivity contribution >= 4 is 35.0 Å². The van der Waals surface area contributed by atoms with Crippen molar-refractivity contribution in [2.75, 3.05) is 5.32 Å². The number of hydrogen-bond donors (Lipinski definition) is 1. The van der Waals surface area contributed by atoms with Gasteiger partial charge in [0, 0.05) is 34.9 Å². The fourth-order valence-electron chi connectivity index (χ4n) is 2.70. The maximum atomic E-state index is 12.6. The van der Waals surface area contributed by atoms with Crippen molar-refractivity contribution in [1.82, 2.24) is 14.5 Å². The SMILES string of the molecule is Cn1ccnc1Sc1ccc(Cl)cc1NC(=O)Cc1coc(-c2ccccc2)n1. The highest BCUT2D eigenvalue weighted by Gasteiger charge is 2.14. The highest BCUT2D eigenvalue weighted by atomic mass is 35.5. The first-order valence-corrected chi connectivity index (χ1v) is 10.0. The summed E-state index contributed by atoms with van der Waals surface area (Å²) in [6.07, 6.45) is 5.19. The minimum absolute atomic E-state index is 0.0926. The smallest absolute Gasteiger partial charge is 0.230 e. The fraction of sp³-hybridized carbons (Fsp3) is 0.0952. The van der Waals surface area contributed by atoms with Crippen LogP contribution < -0.4 is 5.32 Å². The van der Waals surface area contributed by atoms with E-state index in [1.54, 1.807) is 18.3 Å². The second kappa shape index (κ2) is 8.55. The second-order valence-electron chi connectivity index (χ2n) is 6.30. The fourth-order valence-corrected chi connectivity index (χ4v) is 3.74. The van der Waals surface area contributed by atoms with Crippen molar-refractivity contribution in [3.05, 3.63) is 77.9 Å². The quantitative estimate of drug-likeness (QED) is 0.468. The van der Waals surface area contributed by atoms with Crippen LogP contribution in [0.4, 0.5) is 5.69 Å². The molecule has 2 aromatic heterocycles. The summed E-state index contributed by atoms with van der Waals surface area (Å²) in [5, 5.41) is 4.27. The summed E-state index contributed by atoms with van der Waals surface area (Å²) in [4.78, 5) is 22.2. The summed E-state index contributed by atoms with van der Waals surface area (Å²) in [7, 11) is 1.92. The number of imidazole rings is 1. The van der Waals surface area contributed by atoms with Crippen molar-refractivity contribution in [2.24, 2.45) is 7.05 Å². The van der Waals surface area contributed by atoms with Gasteiger partial charge in [0.25, 0.3) is 0 Å². The number of nitrogens with one attached hydrogen (secondary N) is 1. The van der Waals surface area contributed by atoms with Gasteiger partial charge in [-0.1, -0.05) is 29.8 Å². The Bertz CT molecular complexity index is 1140. The standard InChI is InChI=1S/C21H17ClN4O2S/c1-26-10-9-23-21(26)29-18-8-7-15(22)11-17(18)25-19(27)12-16-13-28-20(24-16)14-5-3-2-4-6-14/h2-11,13H,12H2,1H3,(H,25,27). The molecule has 4 rings (SSSR count). The van der Waals surface area contributed by atoms with Crippen molar-refractivity contribution in [3.8, 4) is 11.5 Å². The predicted molar refractivity (Wildman–Crippen MR) is 113 cm³/mol. The number of carbonyl (C=O) groups excluding carboxylic acids is 1.